The van der Waals surface area contributed by atoms with Crippen LogP contribution in [-0.2, 0) is 6.18 Å². The zero-order valence-corrected chi connectivity index (χ0v) is 10.5. The third-order valence-electron chi connectivity index (χ3n) is 2.51. The van der Waals surface area contributed by atoms with Crippen LogP contribution >= 0.6 is 11.6 Å². The van der Waals surface area contributed by atoms with Gasteiger partial charge in [-0.15, -0.1) is 0 Å². The molecule has 0 atom stereocenters. The van der Waals surface area contributed by atoms with Crippen molar-refractivity contribution in [1.29, 1.82) is 0 Å². The van der Waals surface area contributed by atoms with Crippen molar-refractivity contribution in [2.45, 2.75) is 6.18 Å². The molecule has 106 valence electrons. The van der Waals surface area contributed by atoms with Gasteiger partial charge in [-0.25, -0.2) is 4.68 Å². The van der Waals surface area contributed by atoms with E-state index in [4.69, 9.17) is 22.5 Å². The Morgan fingerprint density at radius 3 is 2.65 bits per heavy atom. The first kappa shape index (κ1) is 14.2. The summed E-state index contributed by atoms with van der Waals surface area (Å²) >= 11 is 5.91. The van der Waals surface area contributed by atoms with E-state index in [1.807, 2.05) is 0 Å². The van der Waals surface area contributed by atoms with E-state index in [0.717, 1.165) is 10.9 Å². The van der Waals surface area contributed by atoms with Crippen LogP contribution in [0.4, 0.5) is 13.2 Å². The molecule has 0 spiro atoms. The van der Waals surface area contributed by atoms with E-state index in [1.54, 1.807) is 0 Å². The third kappa shape index (κ3) is 2.55. The number of amidine groups is 1. The van der Waals surface area contributed by atoms with Crippen LogP contribution in [0.3, 0.4) is 0 Å². The molecule has 5 nitrogen and oxygen atoms in total. The molecule has 0 radical (unpaired) electrons. The molecule has 0 aliphatic heterocycles. The Kier molecular flexibility index (Phi) is 3.58. The zero-order chi connectivity index (χ0) is 14.9. The van der Waals surface area contributed by atoms with Crippen molar-refractivity contribution in [2.24, 2.45) is 10.9 Å². The van der Waals surface area contributed by atoms with Gasteiger partial charge < -0.3 is 10.9 Å². The molecule has 0 aliphatic carbocycles. The first-order valence-electron chi connectivity index (χ1n) is 5.23. The van der Waals surface area contributed by atoms with E-state index in [0.29, 0.717) is 6.20 Å². The van der Waals surface area contributed by atoms with Gasteiger partial charge in [-0.05, 0) is 12.1 Å². The molecule has 2 aromatic rings. The molecule has 0 amide bonds. The molecule has 2 rings (SSSR count). The van der Waals surface area contributed by atoms with Crippen LogP contribution in [0.25, 0.3) is 5.69 Å². The van der Waals surface area contributed by atoms with Crippen LogP contribution in [0.1, 0.15) is 11.1 Å². The Morgan fingerprint density at radius 2 is 2.10 bits per heavy atom. The predicted octanol–water partition coefficient (Wildman–Crippen LogP) is 2.64. The molecule has 0 saturated carbocycles. The summed E-state index contributed by atoms with van der Waals surface area (Å²) in [5, 5.41) is 15.3. The highest BCUT2D eigenvalue weighted by Gasteiger charge is 2.32. The highest BCUT2D eigenvalue weighted by Crippen LogP contribution is 2.30. The van der Waals surface area contributed by atoms with Crippen LogP contribution in [0, 0.1) is 0 Å². The van der Waals surface area contributed by atoms with Crippen molar-refractivity contribution in [3.05, 3.63) is 46.7 Å². The van der Waals surface area contributed by atoms with E-state index >= 15 is 0 Å². The predicted molar refractivity (Wildman–Crippen MR) is 66.1 cm³/mol. The van der Waals surface area contributed by atoms with Crippen LogP contribution < -0.4 is 5.73 Å². The molecular weight excluding hydrogens is 297 g/mol. The van der Waals surface area contributed by atoms with Gasteiger partial charge in [0.15, 0.2) is 5.84 Å². The molecule has 20 heavy (non-hydrogen) atoms. The van der Waals surface area contributed by atoms with E-state index in [2.05, 4.69) is 10.3 Å². The molecule has 3 N–H and O–H groups in total. The van der Waals surface area contributed by atoms with Crippen molar-refractivity contribution in [2.75, 3.05) is 0 Å². The molecule has 1 heterocycles. The van der Waals surface area contributed by atoms with E-state index in [9.17, 15) is 13.2 Å². The highest BCUT2D eigenvalue weighted by atomic mass is 35.5. The fraction of sp³-hybridized carbons (Fsp3) is 0.0909. The van der Waals surface area contributed by atoms with Gasteiger partial charge in [-0.3, -0.25) is 0 Å². The number of benzene rings is 1. The first-order chi connectivity index (χ1) is 9.34. The van der Waals surface area contributed by atoms with E-state index in [1.165, 1.54) is 18.2 Å². The third-order valence-corrected chi connectivity index (χ3v) is 2.83. The molecule has 0 bridgehead atoms. The summed E-state index contributed by atoms with van der Waals surface area (Å²) in [5.41, 5.74) is 4.83. The highest BCUT2D eigenvalue weighted by molar-refractivity contribution is 6.34. The summed E-state index contributed by atoms with van der Waals surface area (Å²) < 4.78 is 38.6. The fourth-order valence-corrected chi connectivity index (χ4v) is 1.87. The van der Waals surface area contributed by atoms with Gasteiger partial charge in [0, 0.05) is 6.20 Å². The van der Waals surface area contributed by atoms with Gasteiger partial charge in [0.2, 0.25) is 0 Å². The van der Waals surface area contributed by atoms with Crippen LogP contribution in [0.5, 0.6) is 0 Å². The quantitative estimate of drug-likeness (QED) is 0.387. The molecule has 0 fully saturated rings. The number of halogens is 4. The van der Waals surface area contributed by atoms with Crippen molar-refractivity contribution in [3.63, 3.8) is 0 Å². The molecule has 1 aromatic carbocycles. The molecule has 9 heteroatoms. The van der Waals surface area contributed by atoms with E-state index < -0.39 is 11.7 Å². The number of hydrogen-bond acceptors (Lipinski definition) is 3. The van der Waals surface area contributed by atoms with Crippen molar-refractivity contribution in [1.82, 2.24) is 9.78 Å². The second-order valence-electron chi connectivity index (χ2n) is 3.79. The molecule has 0 unspecified atom stereocenters. The Morgan fingerprint density at radius 1 is 1.40 bits per heavy atom. The normalized spacial score (nSPS) is 12.7. The number of aromatic nitrogens is 2. The van der Waals surface area contributed by atoms with Crippen molar-refractivity contribution < 1.29 is 18.4 Å². The van der Waals surface area contributed by atoms with Gasteiger partial charge in [0.1, 0.15) is 0 Å². The topological polar surface area (TPSA) is 76.4 Å². The fourth-order valence-electron chi connectivity index (χ4n) is 1.61. The zero-order valence-electron chi connectivity index (χ0n) is 9.76. The average Bonchev–Trinajstić information content (AvgIpc) is 2.87. The van der Waals surface area contributed by atoms with Gasteiger partial charge >= 0.3 is 6.18 Å². The standard InChI is InChI=1S/C11H8ClF3N4O/c12-7-2-1-3-8(9(7)10(16)18-20)19-5-6(4-17-19)11(13,14)15/h1-5,20H,(H2,16,18). The summed E-state index contributed by atoms with van der Waals surface area (Å²) in [6.07, 6.45) is -3.04. The summed E-state index contributed by atoms with van der Waals surface area (Å²) in [6, 6.07) is 4.43. The van der Waals surface area contributed by atoms with Crippen molar-refractivity contribution >= 4 is 17.4 Å². The molecule has 0 saturated heterocycles. The molecular formula is C11H8ClF3N4O. The maximum Gasteiger partial charge on any atom is 0.419 e. The SMILES string of the molecule is NC(=NO)c1c(Cl)cccc1-n1cc(C(F)(F)F)cn1. The maximum atomic E-state index is 12.6. The number of alkyl halides is 3. The summed E-state index contributed by atoms with van der Waals surface area (Å²) in [6.45, 7) is 0. The lowest BCUT2D eigenvalue weighted by Crippen LogP contribution is -2.17. The van der Waals surface area contributed by atoms with Gasteiger partial charge in [0.05, 0.1) is 28.0 Å². The molecule has 0 aliphatic rings. The minimum atomic E-state index is -4.51. The Bertz CT molecular complexity index is 666. The van der Waals surface area contributed by atoms with Crippen LogP contribution in [0.15, 0.2) is 35.7 Å². The lowest BCUT2D eigenvalue weighted by Gasteiger charge is -2.10. The summed E-state index contributed by atoms with van der Waals surface area (Å²) in [5.74, 6) is -0.324. The second kappa shape index (κ2) is 5.04. The summed E-state index contributed by atoms with van der Waals surface area (Å²) in [4.78, 5) is 0. The molecule has 1 aromatic heterocycles. The number of nitrogens with two attached hydrogens (primary N) is 1. The summed E-state index contributed by atoms with van der Waals surface area (Å²) in [7, 11) is 0. The van der Waals surface area contributed by atoms with Crippen LogP contribution in [-0.4, -0.2) is 20.8 Å². The number of hydrogen-bond donors (Lipinski definition) is 2. The minimum Gasteiger partial charge on any atom is -0.409 e. The lowest BCUT2D eigenvalue weighted by molar-refractivity contribution is -0.137. The minimum absolute atomic E-state index is 0.0912. The van der Waals surface area contributed by atoms with Gasteiger partial charge in [-0.2, -0.15) is 18.3 Å². The second-order valence-corrected chi connectivity index (χ2v) is 4.20. The Hall–Kier alpha value is -2.22. The Labute approximate surface area is 116 Å². The van der Waals surface area contributed by atoms with Gasteiger partial charge in [-0.1, -0.05) is 22.8 Å². The number of oxime groups is 1. The largest absolute Gasteiger partial charge is 0.419 e. The average molecular weight is 305 g/mol. The van der Waals surface area contributed by atoms with E-state index in [-0.39, 0.29) is 22.1 Å². The first-order valence-corrected chi connectivity index (χ1v) is 5.61. The van der Waals surface area contributed by atoms with Gasteiger partial charge in [0.25, 0.3) is 0 Å². The smallest absolute Gasteiger partial charge is 0.409 e. The van der Waals surface area contributed by atoms with Crippen molar-refractivity contribution in [3.8, 4) is 5.69 Å². The van der Waals surface area contributed by atoms with Crippen LogP contribution in [0.2, 0.25) is 5.02 Å². The monoisotopic (exact) mass is 304 g/mol. The number of rotatable bonds is 2. The number of nitrogens with zero attached hydrogens (tertiary/aromatic N) is 3. The lowest BCUT2D eigenvalue weighted by atomic mass is 10.1. The Balaban J connectivity index is 2.59. The maximum absolute atomic E-state index is 12.6.